The number of rotatable bonds is 2. The second-order valence-electron chi connectivity index (χ2n) is 7.94. The largest absolute Gasteiger partial charge is 0.307 e. The summed E-state index contributed by atoms with van der Waals surface area (Å²) in [6.45, 7) is 4.82. The molecule has 3 heterocycles. The summed E-state index contributed by atoms with van der Waals surface area (Å²) in [6.07, 6.45) is 2.93. The van der Waals surface area contributed by atoms with E-state index in [1.807, 2.05) is 36.1 Å². The van der Waals surface area contributed by atoms with Crippen molar-refractivity contribution in [3.05, 3.63) is 77.1 Å². The Kier molecular flexibility index (Phi) is 4.31. The zero-order valence-corrected chi connectivity index (χ0v) is 16.8. The Bertz CT molecular complexity index is 1090. The molecule has 5 rings (SSSR count). The van der Waals surface area contributed by atoms with Crippen LogP contribution in [0.1, 0.15) is 40.7 Å². The number of amides is 1. The summed E-state index contributed by atoms with van der Waals surface area (Å²) in [7, 11) is 0. The molecule has 3 aromatic rings. The highest BCUT2D eigenvalue weighted by molar-refractivity contribution is 6.05. The van der Waals surface area contributed by atoms with Gasteiger partial charge in [-0.2, -0.15) is 0 Å². The normalized spacial score (nSPS) is 17.8. The van der Waals surface area contributed by atoms with Gasteiger partial charge in [0.25, 0.3) is 5.91 Å². The summed E-state index contributed by atoms with van der Waals surface area (Å²) < 4.78 is 0. The van der Waals surface area contributed by atoms with E-state index in [-0.39, 0.29) is 11.9 Å². The maximum absolute atomic E-state index is 13.4. The Balaban J connectivity index is 1.54. The van der Waals surface area contributed by atoms with Crippen LogP contribution in [0.25, 0.3) is 0 Å². The summed E-state index contributed by atoms with van der Waals surface area (Å²) >= 11 is 0. The fourth-order valence-electron chi connectivity index (χ4n) is 4.52. The molecule has 0 aliphatic carbocycles. The van der Waals surface area contributed by atoms with Crippen LogP contribution in [0.3, 0.4) is 0 Å². The van der Waals surface area contributed by atoms with Crippen molar-refractivity contribution in [2.24, 2.45) is 0 Å². The van der Waals surface area contributed by atoms with Crippen molar-refractivity contribution in [2.45, 2.75) is 39.2 Å². The van der Waals surface area contributed by atoms with E-state index >= 15 is 0 Å². The molecular formula is C24H24N4O. The Hall–Kier alpha value is -3.21. The van der Waals surface area contributed by atoms with Gasteiger partial charge in [0.1, 0.15) is 5.69 Å². The molecule has 0 fully saturated rings. The first kappa shape index (κ1) is 17.9. The minimum Gasteiger partial charge on any atom is -0.307 e. The molecule has 0 bridgehead atoms. The zero-order chi connectivity index (χ0) is 20.0. The third kappa shape index (κ3) is 3.07. The number of benzene rings is 2. The number of carbonyl (C=O) groups excluding carboxylic acids is 1. The van der Waals surface area contributed by atoms with E-state index in [4.69, 9.17) is 4.98 Å². The van der Waals surface area contributed by atoms with Crippen molar-refractivity contribution in [1.29, 1.82) is 0 Å². The van der Waals surface area contributed by atoms with Crippen LogP contribution in [0.2, 0.25) is 0 Å². The molecule has 0 spiro atoms. The number of hydrogen-bond acceptors (Lipinski definition) is 4. The van der Waals surface area contributed by atoms with Gasteiger partial charge in [-0.05, 0) is 62.4 Å². The zero-order valence-electron chi connectivity index (χ0n) is 16.8. The van der Waals surface area contributed by atoms with Gasteiger partial charge in [0.2, 0.25) is 5.95 Å². The van der Waals surface area contributed by atoms with Gasteiger partial charge in [-0.3, -0.25) is 4.79 Å². The van der Waals surface area contributed by atoms with E-state index in [1.54, 1.807) is 6.07 Å². The average molecular weight is 384 g/mol. The summed E-state index contributed by atoms with van der Waals surface area (Å²) in [5.74, 6) is 0.556. The Morgan fingerprint density at radius 1 is 1.00 bits per heavy atom. The number of hydrogen-bond donors (Lipinski definition) is 0. The predicted octanol–water partition coefficient (Wildman–Crippen LogP) is 4.46. The SMILES string of the molecule is Cc1cc(C(=O)N2CCCc3ccccc32)nc(N2c3ccccc3CC2C)n1. The summed E-state index contributed by atoms with van der Waals surface area (Å²) in [6, 6.07) is 18.6. The summed E-state index contributed by atoms with van der Waals surface area (Å²) in [5, 5.41) is 0. The fraction of sp³-hybridized carbons (Fsp3) is 0.292. The third-order valence-corrected chi connectivity index (χ3v) is 5.84. The van der Waals surface area contributed by atoms with Crippen LogP contribution >= 0.6 is 0 Å². The van der Waals surface area contributed by atoms with Gasteiger partial charge >= 0.3 is 0 Å². The summed E-state index contributed by atoms with van der Waals surface area (Å²) in [5.41, 5.74) is 5.91. The summed E-state index contributed by atoms with van der Waals surface area (Å²) in [4.78, 5) is 26.9. The van der Waals surface area contributed by atoms with Crippen molar-refractivity contribution in [2.75, 3.05) is 16.3 Å². The van der Waals surface area contributed by atoms with Crippen molar-refractivity contribution < 1.29 is 4.79 Å². The molecule has 2 aliphatic heterocycles. The molecule has 146 valence electrons. The first-order chi connectivity index (χ1) is 14.1. The average Bonchev–Trinajstić information content (AvgIpc) is 3.08. The van der Waals surface area contributed by atoms with Crippen LogP contribution < -0.4 is 9.80 Å². The smallest absolute Gasteiger partial charge is 0.277 e. The molecular weight excluding hydrogens is 360 g/mol. The highest BCUT2D eigenvalue weighted by Gasteiger charge is 2.30. The van der Waals surface area contributed by atoms with Gasteiger partial charge in [-0.25, -0.2) is 9.97 Å². The standard InChI is InChI=1S/C24H24N4O/c1-16-14-20(23(29)27-13-7-10-18-8-3-5-11-21(18)27)26-24(25-16)28-17(2)15-19-9-4-6-12-22(19)28/h3-6,8-9,11-12,14,17H,7,10,13,15H2,1-2H3. The number of aryl methyl sites for hydroxylation is 2. The predicted molar refractivity (Wildman–Crippen MR) is 115 cm³/mol. The number of anilines is 3. The fourth-order valence-corrected chi connectivity index (χ4v) is 4.52. The monoisotopic (exact) mass is 384 g/mol. The molecule has 5 nitrogen and oxygen atoms in total. The molecule has 0 radical (unpaired) electrons. The van der Waals surface area contributed by atoms with Gasteiger partial charge in [0, 0.05) is 29.7 Å². The second-order valence-corrected chi connectivity index (χ2v) is 7.94. The van der Waals surface area contributed by atoms with E-state index in [9.17, 15) is 4.79 Å². The van der Waals surface area contributed by atoms with Gasteiger partial charge in [-0.15, -0.1) is 0 Å². The molecule has 5 heteroatoms. The Morgan fingerprint density at radius 3 is 2.55 bits per heavy atom. The molecule has 1 unspecified atom stereocenters. The number of nitrogens with zero attached hydrogens (tertiary/aromatic N) is 4. The maximum atomic E-state index is 13.4. The second kappa shape index (κ2) is 6.99. The van der Waals surface area contributed by atoms with Crippen molar-refractivity contribution in [3.63, 3.8) is 0 Å². The molecule has 0 saturated heterocycles. The number of para-hydroxylation sites is 2. The molecule has 0 N–H and O–H groups in total. The van der Waals surface area contributed by atoms with Gasteiger partial charge in [0.05, 0.1) is 0 Å². The molecule has 2 aromatic carbocycles. The first-order valence-corrected chi connectivity index (χ1v) is 10.2. The van der Waals surface area contributed by atoms with Crippen molar-refractivity contribution in [3.8, 4) is 0 Å². The maximum Gasteiger partial charge on any atom is 0.277 e. The van der Waals surface area contributed by atoms with Crippen molar-refractivity contribution in [1.82, 2.24) is 9.97 Å². The molecule has 29 heavy (non-hydrogen) atoms. The first-order valence-electron chi connectivity index (χ1n) is 10.2. The van der Waals surface area contributed by atoms with Crippen LogP contribution in [-0.2, 0) is 12.8 Å². The topological polar surface area (TPSA) is 49.3 Å². The molecule has 1 amide bonds. The highest BCUT2D eigenvalue weighted by atomic mass is 16.2. The Morgan fingerprint density at radius 2 is 1.72 bits per heavy atom. The lowest BCUT2D eigenvalue weighted by Crippen LogP contribution is -2.36. The van der Waals surface area contributed by atoms with Crippen molar-refractivity contribution >= 4 is 23.2 Å². The van der Waals surface area contributed by atoms with Gasteiger partial charge in [0.15, 0.2) is 0 Å². The third-order valence-electron chi connectivity index (χ3n) is 5.84. The van der Waals surface area contributed by atoms with Crippen LogP contribution in [0, 0.1) is 6.92 Å². The lowest BCUT2D eigenvalue weighted by molar-refractivity contribution is 0.0980. The van der Waals surface area contributed by atoms with E-state index in [1.165, 1.54) is 11.1 Å². The van der Waals surface area contributed by atoms with E-state index in [0.717, 1.165) is 42.9 Å². The van der Waals surface area contributed by atoms with E-state index < -0.39 is 0 Å². The number of carbonyl (C=O) groups is 1. The van der Waals surface area contributed by atoms with Gasteiger partial charge in [-0.1, -0.05) is 36.4 Å². The quantitative estimate of drug-likeness (QED) is 0.654. The molecule has 1 aromatic heterocycles. The molecule has 2 aliphatic rings. The molecule has 1 atom stereocenters. The number of aromatic nitrogens is 2. The lowest BCUT2D eigenvalue weighted by atomic mass is 10.0. The van der Waals surface area contributed by atoms with E-state index in [2.05, 4.69) is 41.1 Å². The van der Waals surface area contributed by atoms with Crippen LogP contribution in [-0.4, -0.2) is 28.5 Å². The lowest BCUT2D eigenvalue weighted by Gasteiger charge is -2.29. The van der Waals surface area contributed by atoms with E-state index in [0.29, 0.717) is 11.6 Å². The minimum atomic E-state index is -0.0518. The molecule has 0 saturated carbocycles. The van der Waals surface area contributed by atoms with Crippen LogP contribution in [0.5, 0.6) is 0 Å². The number of fused-ring (bicyclic) bond motifs is 2. The van der Waals surface area contributed by atoms with Crippen LogP contribution in [0.4, 0.5) is 17.3 Å². The highest BCUT2D eigenvalue weighted by Crippen LogP contribution is 2.36. The Labute approximate surface area is 171 Å². The van der Waals surface area contributed by atoms with Crippen LogP contribution in [0.15, 0.2) is 54.6 Å². The van der Waals surface area contributed by atoms with Gasteiger partial charge < -0.3 is 9.80 Å². The minimum absolute atomic E-state index is 0.0518.